The maximum absolute atomic E-state index is 13.4. The number of nitrogens with zero attached hydrogens (tertiary/aromatic N) is 3. The van der Waals surface area contributed by atoms with Crippen molar-refractivity contribution in [3.8, 4) is 11.3 Å². The van der Waals surface area contributed by atoms with Gasteiger partial charge in [-0.05, 0) is 25.8 Å². The molecular formula is C22H25N3O2. The Hall–Kier alpha value is -2.69. The lowest BCUT2D eigenvalue weighted by atomic mass is 10.0. The van der Waals surface area contributed by atoms with Crippen molar-refractivity contribution in [1.29, 1.82) is 0 Å². The zero-order valence-corrected chi connectivity index (χ0v) is 15.9. The Labute approximate surface area is 159 Å². The van der Waals surface area contributed by atoms with E-state index in [0.29, 0.717) is 23.0 Å². The zero-order chi connectivity index (χ0) is 18.8. The zero-order valence-electron chi connectivity index (χ0n) is 15.9. The van der Waals surface area contributed by atoms with E-state index >= 15 is 0 Å². The fourth-order valence-electron chi connectivity index (χ4n) is 4.02. The molecule has 0 atom stereocenters. The molecule has 0 unspecified atom stereocenters. The van der Waals surface area contributed by atoms with Crippen LogP contribution in [0.3, 0.4) is 0 Å². The predicted octanol–water partition coefficient (Wildman–Crippen LogP) is 4.99. The van der Waals surface area contributed by atoms with Gasteiger partial charge in [0.2, 0.25) is 0 Å². The molecule has 0 bridgehead atoms. The highest BCUT2D eigenvalue weighted by atomic mass is 16.5. The highest BCUT2D eigenvalue weighted by molar-refractivity contribution is 6.07. The fraction of sp³-hybridized carbons (Fsp3) is 0.409. The monoisotopic (exact) mass is 363 g/mol. The van der Waals surface area contributed by atoms with E-state index in [2.05, 4.69) is 10.1 Å². The van der Waals surface area contributed by atoms with Gasteiger partial charge in [-0.15, -0.1) is 0 Å². The summed E-state index contributed by atoms with van der Waals surface area (Å²) in [6.07, 6.45) is 7.06. The summed E-state index contributed by atoms with van der Waals surface area (Å²) in [6.45, 7) is 1.86. The molecule has 2 aromatic heterocycles. The lowest BCUT2D eigenvalue weighted by molar-refractivity contribution is 0.0719. The van der Waals surface area contributed by atoms with Crippen LogP contribution in [-0.4, -0.2) is 34.0 Å². The second kappa shape index (κ2) is 7.51. The lowest BCUT2D eigenvalue weighted by Crippen LogP contribution is -2.36. The average molecular weight is 363 g/mol. The van der Waals surface area contributed by atoms with E-state index in [1.54, 1.807) is 0 Å². The van der Waals surface area contributed by atoms with Crippen molar-refractivity contribution in [1.82, 2.24) is 15.0 Å². The second-order valence-electron chi connectivity index (χ2n) is 7.43. The second-order valence-corrected chi connectivity index (χ2v) is 7.43. The first kappa shape index (κ1) is 17.7. The Morgan fingerprint density at radius 3 is 2.52 bits per heavy atom. The molecule has 1 aliphatic rings. The Kier molecular flexibility index (Phi) is 4.92. The minimum absolute atomic E-state index is 0.0257. The summed E-state index contributed by atoms with van der Waals surface area (Å²) < 4.78 is 5.42. The first-order valence-electron chi connectivity index (χ1n) is 9.75. The van der Waals surface area contributed by atoms with E-state index in [9.17, 15) is 4.79 Å². The van der Waals surface area contributed by atoms with E-state index in [1.165, 1.54) is 25.7 Å². The predicted molar refractivity (Wildman–Crippen MR) is 106 cm³/mol. The molecule has 0 radical (unpaired) electrons. The number of benzene rings is 1. The average Bonchev–Trinajstić information content (AvgIpc) is 2.91. The van der Waals surface area contributed by atoms with Crippen LogP contribution in [0.4, 0.5) is 0 Å². The molecule has 5 heteroatoms. The molecule has 140 valence electrons. The number of aromatic nitrogens is 2. The van der Waals surface area contributed by atoms with E-state index in [0.717, 1.165) is 29.5 Å². The summed E-state index contributed by atoms with van der Waals surface area (Å²) in [5, 5.41) is 4.77. The van der Waals surface area contributed by atoms with Crippen molar-refractivity contribution >= 4 is 17.0 Å². The summed E-state index contributed by atoms with van der Waals surface area (Å²) in [6, 6.07) is 12.0. The number of aryl methyl sites for hydroxylation is 1. The first-order chi connectivity index (χ1) is 13.1. The highest BCUT2D eigenvalue weighted by Crippen LogP contribution is 2.29. The minimum atomic E-state index is 0.0257. The minimum Gasteiger partial charge on any atom is -0.339 e. The summed E-state index contributed by atoms with van der Waals surface area (Å²) >= 11 is 0. The van der Waals surface area contributed by atoms with E-state index in [4.69, 9.17) is 4.52 Å². The van der Waals surface area contributed by atoms with Gasteiger partial charge in [0.15, 0.2) is 0 Å². The van der Waals surface area contributed by atoms with E-state index in [-0.39, 0.29) is 5.91 Å². The van der Waals surface area contributed by atoms with Crippen LogP contribution in [0, 0.1) is 6.92 Å². The summed E-state index contributed by atoms with van der Waals surface area (Å²) in [7, 11) is 1.93. The highest BCUT2D eigenvalue weighted by Gasteiger charge is 2.26. The van der Waals surface area contributed by atoms with Crippen molar-refractivity contribution in [3.63, 3.8) is 0 Å². The fourth-order valence-corrected chi connectivity index (χ4v) is 4.02. The van der Waals surface area contributed by atoms with Gasteiger partial charge in [-0.3, -0.25) is 4.79 Å². The molecule has 2 heterocycles. The van der Waals surface area contributed by atoms with E-state index < -0.39 is 0 Å². The van der Waals surface area contributed by atoms with Gasteiger partial charge in [-0.2, -0.15) is 0 Å². The smallest absolute Gasteiger partial charge is 0.259 e. The van der Waals surface area contributed by atoms with Crippen LogP contribution >= 0.6 is 0 Å². The summed E-state index contributed by atoms with van der Waals surface area (Å²) in [4.78, 5) is 19.9. The first-order valence-corrected chi connectivity index (χ1v) is 9.75. The number of hydrogen-bond acceptors (Lipinski definition) is 4. The van der Waals surface area contributed by atoms with Gasteiger partial charge < -0.3 is 9.42 Å². The molecule has 1 saturated carbocycles. The number of carbonyl (C=O) groups excluding carboxylic acids is 1. The van der Waals surface area contributed by atoms with Crippen LogP contribution in [-0.2, 0) is 0 Å². The maximum atomic E-state index is 13.4. The van der Waals surface area contributed by atoms with Gasteiger partial charge in [-0.25, -0.2) is 4.98 Å². The molecule has 5 nitrogen and oxygen atoms in total. The number of pyridine rings is 1. The number of carbonyl (C=O) groups is 1. The SMILES string of the molecule is Cc1noc2nc(-c3ccccc3)cc(C(=O)N(C)C3CCCCCC3)c12. The molecule has 0 aliphatic heterocycles. The van der Waals surface area contributed by atoms with Crippen LogP contribution in [0.2, 0.25) is 0 Å². The third-order valence-electron chi connectivity index (χ3n) is 5.61. The molecule has 4 rings (SSSR count). The van der Waals surface area contributed by atoms with Gasteiger partial charge in [-0.1, -0.05) is 61.2 Å². The largest absolute Gasteiger partial charge is 0.339 e. The number of hydrogen-bond donors (Lipinski definition) is 0. The van der Waals surface area contributed by atoms with Crippen molar-refractivity contribution in [2.45, 2.75) is 51.5 Å². The van der Waals surface area contributed by atoms with Gasteiger partial charge >= 0.3 is 0 Å². The number of rotatable bonds is 3. The quantitative estimate of drug-likeness (QED) is 0.615. The van der Waals surface area contributed by atoms with Gasteiger partial charge in [0, 0.05) is 18.7 Å². The van der Waals surface area contributed by atoms with Crippen LogP contribution < -0.4 is 0 Å². The molecule has 0 spiro atoms. The van der Waals surface area contributed by atoms with Crippen LogP contribution in [0.1, 0.15) is 54.6 Å². The molecule has 27 heavy (non-hydrogen) atoms. The topological polar surface area (TPSA) is 59.2 Å². The van der Waals surface area contributed by atoms with Crippen LogP contribution in [0.15, 0.2) is 40.9 Å². The van der Waals surface area contributed by atoms with Gasteiger partial charge in [0.05, 0.1) is 22.3 Å². The van der Waals surface area contributed by atoms with Crippen molar-refractivity contribution in [2.75, 3.05) is 7.05 Å². The molecule has 1 aliphatic carbocycles. The lowest BCUT2D eigenvalue weighted by Gasteiger charge is -2.27. The molecule has 1 aromatic carbocycles. The van der Waals surface area contributed by atoms with Crippen molar-refractivity contribution in [3.05, 3.63) is 47.7 Å². The maximum Gasteiger partial charge on any atom is 0.259 e. The molecule has 0 N–H and O–H groups in total. The Morgan fingerprint density at radius 1 is 1.11 bits per heavy atom. The third kappa shape index (κ3) is 3.46. The number of fused-ring (bicyclic) bond motifs is 1. The Balaban J connectivity index is 1.77. The molecule has 1 fully saturated rings. The van der Waals surface area contributed by atoms with E-state index in [1.807, 2.05) is 55.3 Å². The standard InChI is InChI=1S/C22H25N3O2/c1-15-20-18(22(26)25(2)17-12-8-3-4-9-13-17)14-19(23-21(20)27-24-15)16-10-6-5-7-11-16/h5-7,10-11,14,17H,3-4,8-9,12-13H2,1-2H3. The van der Waals surface area contributed by atoms with Gasteiger partial charge in [0.1, 0.15) is 0 Å². The summed E-state index contributed by atoms with van der Waals surface area (Å²) in [5.74, 6) is 0.0257. The molecule has 1 amide bonds. The molecule has 3 aromatic rings. The third-order valence-corrected chi connectivity index (χ3v) is 5.61. The van der Waals surface area contributed by atoms with Crippen molar-refractivity contribution in [2.24, 2.45) is 0 Å². The van der Waals surface area contributed by atoms with Crippen LogP contribution in [0.5, 0.6) is 0 Å². The normalized spacial score (nSPS) is 15.6. The Morgan fingerprint density at radius 2 is 1.81 bits per heavy atom. The molecular weight excluding hydrogens is 338 g/mol. The molecule has 0 saturated heterocycles. The van der Waals surface area contributed by atoms with Gasteiger partial charge in [0.25, 0.3) is 11.6 Å². The summed E-state index contributed by atoms with van der Waals surface area (Å²) in [5.41, 5.74) is 3.45. The Bertz CT molecular complexity index is 941. The van der Waals surface area contributed by atoms with Crippen LogP contribution in [0.25, 0.3) is 22.4 Å². The van der Waals surface area contributed by atoms with Crippen molar-refractivity contribution < 1.29 is 9.32 Å². The number of amides is 1.